The third kappa shape index (κ3) is 2.46. The number of hydrogen-bond acceptors (Lipinski definition) is 2. The van der Waals surface area contributed by atoms with E-state index < -0.39 is 0 Å². The lowest BCUT2D eigenvalue weighted by Gasteiger charge is -2.21. The quantitative estimate of drug-likeness (QED) is 0.731. The summed E-state index contributed by atoms with van der Waals surface area (Å²) in [6.45, 7) is 3.93. The first-order valence-electron chi connectivity index (χ1n) is 6.21. The highest BCUT2D eigenvalue weighted by atomic mass is 16.1. The minimum Gasteiger partial charge on any atom is -0.300 e. The number of ketones is 2. The molecule has 1 aromatic rings. The fourth-order valence-electron chi connectivity index (χ4n) is 2.66. The van der Waals surface area contributed by atoms with Gasteiger partial charge in [0.2, 0.25) is 0 Å². The smallest absolute Gasteiger partial charge is 0.166 e. The van der Waals surface area contributed by atoms with Gasteiger partial charge in [-0.2, -0.15) is 0 Å². The van der Waals surface area contributed by atoms with E-state index in [2.05, 4.69) is 0 Å². The fourth-order valence-corrected chi connectivity index (χ4v) is 2.66. The molecular formula is C15H18O2. The first kappa shape index (κ1) is 12.0. The van der Waals surface area contributed by atoms with Crippen LogP contribution in [0.3, 0.4) is 0 Å². The van der Waals surface area contributed by atoms with E-state index in [0.717, 1.165) is 29.5 Å². The average Bonchev–Trinajstić information content (AvgIpc) is 2.28. The number of Topliss-reactive ketones (excluding diaryl/α,β-unsaturated/α-hetero) is 2. The van der Waals surface area contributed by atoms with Crippen molar-refractivity contribution >= 4 is 11.6 Å². The third-order valence-corrected chi connectivity index (χ3v) is 3.58. The van der Waals surface area contributed by atoms with Crippen molar-refractivity contribution in [2.24, 2.45) is 5.92 Å². The lowest BCUT2D eigenvalue weighted by atomic mass is 9.81. The second-order valence-corrected chi connectivity index (χ2v) is 4.96. The third-order valence-electron chi connectivity index (χ3n) is 3.58. The van der Waals surface area contributed by atoms with Gasteiger partial charge in [0.1, 0.15) is 5.78 Å². The van der Waals surface area contributed by atoms with Crippen molar-refractivity contribution in [3.05, 3.63) is 34.9 Å². The van der Waals surface area contributed by atoms with Gasteiger partial charge in [-0.1, -0.05) is 18.2 Å². The molecule has 0 amide bonds. The summed E-state index contributed by atoms with van der Waals surface area (Å²) >= 11 is 0. The molecule has 1 fully saturated rings. The number of rotatable bonds is 2. The van der Waals surface area contributed by atoms with Crippen LogP contribution >= 0.6 is 0 Å². The summed E-state index contributed by atoms with van der Waals surface area (Å²) in [7, 11) is 0. The molecular weight excluding hydrogens is 212 g/mol. The van der Waals surface area contributed by atoms with Crippen LogP contribution in [0.2, 0.25) is 0 Å². The highest BCUT2D eigenvalue weighted by molar-refractivity contribution is 6.02. The zero-order chi connectivity index (χ0) is 12.4. The van der Waals surface area contributed by atoms with Crippen LogP contribution in [-0.4, -0.2) is 11.6 Å². The van der Waals surface area contributed by atoms with Crippen LogP contribution < -0.4 is 0 Å². The Kier molecular flexibility index (Phi) is 3.41. The predicted molar refractivity (Wildman–Crippen MR) is 67.2 cm³/mol. The van der Waals surface area contributed by atoms with E-state index >= 15 is 0 Å². The van der Waals surface area contributed by atoms with Crippen molar-refractivity contribution in [3.63, 3.8) is 0 Å². The van der Waals surface area contributed by atoms with Gasteiger partial charge in [0.15, 0.2) is 5.78 Å². The number of aryl methyl sites for hydroxylation is 2. The Morgan fingerprint density at radius 1 is 1.24 bits per heavy atom. The van der Waals surface area contributed by atoms with Gasteiger partial charge in [0.25, 0.3) is 0 Å². The molecule has 17 heavy (non-hydrogen) atoms. The van der Waals surface area contributed by atoms with E-state index in [4.69, 9.17) is 0 Å². The van der Waals surface area contributed by atoms with Gasteiger partial charge in [-0.05, 0) is 37.8 Å². The minimum absolute atomic E-state index is 0.0870. The van der Waals surface area contributed by atoms with Crippen molar-refractivity contribution in [1.82, 2.24) is 0 Å². The van der Waals surface area contributed by atoms with Crippen molar-refractivity contribution in [2.45, 2.75) is 39.5 Å². The molecule has 2 nitrogen and oxygen atoms in total. The van der Waals surface area contributed by atoms with E-state index in [0.29, 0.717) is 12.8 Å². The summed E-state index contributed by atoms with van der Waals surface area (Å²) in [5, 5.41) is 0. The van der Waals surface area contributed by atoms with E-state index in [1.165, 1.54) is 0 Å². The molecule has 1 saturated carbocycles. The van der Waals surface area contributed by atoms with Crippen molar-refractivity contribution in [2.75, 3.05) is 0 Å². The number of benzene rings is 1. The normalized spacial score (nSPS) is 20.4. The van der Waals surface area contributed by atoms with Crippen LogP contribution in [-0.2, 0) is 4.79 Å². The van der Waals surface area contributed by atoms with Crippen LogP contribution in [0.15, 0.2) is 18.2 Å². The lowest BCUT2D eigenvalue weighted by Crippen LogP contribution is -2.24. The molecule has 2 heteroatoms. The molecule has 90 valence electrons. The first-order chi connectivity index (χ1) is 8.09. The SMILES string of the molecule is Cc1cccc(C)c1C(=O)C1CCCC(=O)C1. The number of hydrogen-bond donors (Lipinski definition) is 0. The Balaban J connectivity index is 2.27. The van der Waals surface area contributed by atoms with Crippen molar-refractivity contribution in [1.29, 1.82) is 0 Å². The van der Waals surface area contributed by atoms with E-state index in [9.17, 15) is 9.59 Å². The standard InChI is InChI=1S/C15H18O2/c1-10-5-3-6-11(2)14(10)15(17)12-7-4-8-13(16)9-12/h3,5-6,12H,4,7-9H2,1-2H3. The molecule has 0 N–H and O–H groups in total. The lowest BCUT2D eigenvalue weighted by molar-refractivity contribution is -0.121. The van der Waals surface area contributed by atoms with Crippen molar-refractivity contribution < 1.29 is 9.59 Å². The molecule has 0 spiro atoms. The minimum atomic E-state index is -0.0870. The molecule has 2 rings (SSSR count). The van der Waals surface area contributed by atoms with Crippen LogP contribution in [0.1, 0.15) is 47.2 Å². The molecule has 1 atom stereocenters. The molecule has 1 unspecified atom stereocenters. The van der Waals surface area contributed by atoms with Gasteiger partial charge in [0, 0.05) is 24.3 Å². The molecule has 0 saturated heterocycles. The largest absolute Gasteiger partial charge is 0.300 e. The summed E-state index contributed by atoms with van der Waals surface area (Å²) in [6, 6.07) is 5.89. The number of carbonyl (C=O) groups is 2. The maximum Gasteiger partial charge on any atom is 0.166 e. The zero-order valence-corrected chi connectivity index (χ0v) is 10.5. The van der Waals surface area contributed by atoms with E-state index in [-0.39, 0.29) is 17.5 Å². The number of carbonyl (C=O) groups excluding carboxylic acids is 2. The van der Waals surface area contributed by atoms with E-state index in [1.807, 2.05) is 32.0 Å². The van der Waals surface area contributed by atoms with E-state index in [1.54, 1.807) is 0 Å². The van der Waals surface area contributed by atoms with Crippen LogP contribution in [0.4, 0.5) is 0 Å². The zero-order valence-electron chi connectivity index (χ0n) is 10.5. The topological polar surface area (TPSA) is 34.1 Å². The van der Waals surface area contributed by atoms with Crippen molar-refractivity contribution in [3.8, 4) is 0 Å². The second-order valence-electron chi connectivity index (χ2n) is 4.96. The summed E-state index contributed by atoms with van der Waals surface area (Å²) < 4.78 is 0. The molecule has 1 aromatic carbocycles. The second kappa shape index (κ2) is 4.82. The average molecular weight is 230 g/mol. The maximum atomic E-state index is 12.4. The molecule has 0 aromatic heterocycles. The van der Waals surface area contributed by atoms with Gasteiger partial charge < -0.3 is 0 Å². The Morgan fingerprint density at radius 3 is 2.47 bits per heavy atom. The van der Waals surface area contributed by atoms with Crippen LogP contribution in [0.5, 0.6) is 0 Å². The van der Waals surface area contributed by atoms with Gasteiger partial charge in [-0.3, -0.25) is 9.59 Å². The first-order valence-corrected chi connectivity index (χ1v) is 6.21. The molecule has 1 aliphatic rings. The molecule has 0 aliphatic heterocycles. The highest BCUT2D eigenvalue weighted by Gasteiger charge is 2.27. The van der Waals surface area contributed by atoms with Crippen LogP contribution in [0, 0.1) is 19.8 Å². The molecule has 0 bridgehead atoms. The predicted octanol–water partition coefficient (Wildman–Crippen LogP) is 3.25. The summed E-state index contributed by atoms with van der Waals surface area (Å²) in [6.07, 6.45) is 2.81. The molecule has 1 aliphatic carbocycles. The summed E-state index contributed by atoms with van der Waals surface area (Å²) in [4.78, 5) is 23.9. The summed E-state index contributed by atoms with van der Waals surface area (Å²) in [5.74, 6) is 0.311. The maximum absolute atomic E-state index is 12.4. The fraction of sp³-hybridized carbons (Fsp3) is 0.467. The molecule has 0 radical (unpaired) electrons. The Labute approximate surface area is 102 Å². The van der Waals surface area contributed by atoms with Gasteiger partial charge in [-0.15, -0.1) is 0 Å². The van der Waals surface area contributed by atoms with Crippen LogP contribution in [0.25, 0.3) is 0 Å². The molecule has 0 heterocycles. The highest BCUT2D eigenvalue weighted by Crippen LogP contribution is 2.27. The monoisotopic (exact) mass is 230 g/mol. The Morgan fingerprint density at radius 2 is 1.88 bits per heavy atom. The van der Waals surface area contributed by atoms with Gasteiger partial charge in [0.05, 0.1) is 0 Å². The summed E-state index contributed by atoms with van der Waals surface area (Å²) in [5.41, 5.74) is 2.87. The van der Waals surface area contributed by atoms with Gasteiger partial charge in [-0.25, -0.2) is 0 Å². The Bertz CT molecular complexity index is 440. The van der Waals surface area contributed by atoms with Gasteiger partial charge >= 0.3 is 0 Å². The Hall–Kier alpha value is -1.44.